The molecule has 15 heavy (non-hydrogen) atoms. The third kappa shape index (κ3) is 2.41. The van der Waals surface area contributed by atoms with Crippen LogP contribution < -0.4 is 10.1 Å². The Bertz CT molecular complexity index is 337. The largest absolute Gasteiger partial charge is 0.481 e. The maximum atomic E-state index is 5.95. The van der Waals surface area contributed by atoms with Gasteiger partial charge in [0.05, 0.1) is 12.1 Å². The van der Waals surface area contributed by atoms with Gasteiger partial charge in [0.15, 0.2) is 0 Å². The number of piperidine rings is 1. The number of methoxy groups -OCH3 is 1. The smallest absolute Gasteiger partial charge is 0.217 e. The molecular weight excluding hydrogens is 212 g/mol. The van der Waals surface area contributed by atoms with Crippen LogP contribution >= 0.6 is 11.6 Å². The average molecular weight is 227 g/mol. The van der Waals surface area contributed by atoms with E-state index >= 15 is 0 Å². The second-order valence-corrected chi connectivity index (χ2v) is 4.19. The van der Waals surface area contributed by atoms with Gasteiger partial charge in [0.25, 0.3) is 0 Å². The molecule has 0 bridgehead atoms. The van der Waals surface area contributed by atoms with Gasteiger partial charge in [0, 0.05) is 17.8 Å². The van der Waals surface area contributed by atoms with E-state index in [9.17, 15) is 0 Å². The first-order valence-electron chi connectivity index (χ1n) is 5.24. The summed E-state index contributed by atoms with van der Waals surface area (Å²) in [5.41, 5.74) is 1.07. The van der Waals surface area contributed by atoms with Crippen LogP contribution in [0.15, 0.2) is 12.3 Å². The van der Waals surface area contributed by atoms with Crippen molar-refractivity contribution in [2.45, 2.75) is 25.3 Å². The third-order valence-electron chi connectivity index (χ3n) is 2.72. The number of nitrogens with one attached hydrogen (secondary N) is 1. The van der Waals surface area contributed by atoms with E-state index in [1.165, 1.54) is 12.8 Å². The molecule has 1 aromatic rings. The standard InChI is InChI=1S/C11H15ClN2O/c1-15-11-9(6-8(12)7-14-11)10-4-2-3-5-13-10/h6-7,10,13H,2-5H2,1H3. The molecule has 1 fully saturated rings. The highest BCUT2D eigenvalue weighted by Crippen LogP contribution is 2.30. The molecule has 0 aromatic carbocycles. The van der Waals surface area contributed by atoms with Crippen LogP contribution in [0.3, 0.4) is 0 Å². The van der Waals surface area contributed by atoms with Crippen LogP contribution in [0.25, 0.3) is 0 Å². The zero-order valence-corrected chi connectivity index (χ0v) is 9.55. The predicted octanol–water partition coefficient (Wildman–Crippen LogP) is 2.56. The van der Waals surface area contributed by atoms with E-state index in [1.54, 1.807) is 13.3 Å². The Kier molecular flexibility index (Phi) is 3.44. The summed E-state index contributed by atoms with van der Waals surface area (Å²) in [6, 6.07) is 2.27. The van der Waals surface area contributed by atoms with Gasteiger partial charge in [-0.1, -0.05) is 18.0 Å². The second kappa shape index (κ2) is 4.81. The van der Waals surface area contributed by atoms with Crippen molar-refractivity contribution in [2.24, 2.45) is 0 Å². The van der Waals surface area contributed by atoms with Crippen LogP contribution in [0.2, 0.25) is 5.02 Å². The molecule has 1 atom stereocenters. The average Bonchev–Trinajstić information content (AvgIpc) is 2.30. The van der Waals surface area contributed by atoms with Crippen LogP contribution in [0.5, 0.6) is 5.88 Å². The molecule has 4 heteroatoms. The van der Waals surface area contributed by atoms with E-state index in [0.29, 0.717) is 16.9 Å². The highest BCUT2D eigenvalue weighted by molar-refractivity contribution is 6.30. The molecule has 2 rings (SSSR count). The summed E-state index contributed by atoms with van der Waals surface area (Å²) in [5, 5.41) is 4.12. The molecule has 82 valence electrons. The summed E-state index contributed by atoms with van der Waals surface area (Å²) in [6.07, 6.45) is 5.23. The van der Waals surface area contributed by atoms with E-state index in [2.05, 4.69) is 10.3 Å². The lowest BCUT2D eigenvalue weighted by Crippen LogP contribution is -2.27. The Labute approximate surface area is 94.8 Å². The Morgan fingerprint density at radius 1 is 1.53 bits per heavy atom. The number of hydrogen-bond acceptors (Lipinski definition) is 3. The van der Waals surface area contributed by atoms with Gasteiger partial charge in [-0.2, -0.15) is 0 Å². The summed E-state index contributed by atoms with van der Waals surface area (Å²) >= 11 is 5.95. The number of ether oxygens (including phenoxy) is 1. The molecule has 0 aliphatic carbocycles. The number of nitrogens with zero attached hydrogens (tertiary/aromatic N) is 1. The second-order valence-electron chi connectivity index (χ2n) is 3.75. The molecule has 2 heterocycles. The lowest BCUT2D eigenvalue weighted by molar-refractivity contribution is 0.362. The van der Waals surface area contributed by atoms with Crippen molar-refractivity contribution in [3.8, 4) is 5.88 Å². The fourth-order valence-corrected chi connectivity index (χ4v) is 2.15. The van der Waals surface area contributed by atoms with Gasteiger partial charge in [-0.15, -0.1) is 0 Å². The monoisotopic (exact) mass is 226 g/mol. The number of rotatable bonds is 2. The van der Waals surface area contributed by atoms with Crippen LogP contribution in [0.1, 0.15) is 30.9 Å². The SMILES string of the molecule is COc1ncc(Cl)cc1C1CCCCN1. The molecule has 1 aliphatic rings. The van der Waals surface area contributed by atoms with Gasteiger partial charge in [0.2, 0.25) is 5.88 Å². The van der Waals surface area contributed by atoms with Crippen molar-refractivity contribution in [1.29, 1.82) is 0 Å². The topological polar surface area (TPSA) is 34.1 Å². The molecule has 1 unspecified atom stereocenters. The van der Waals surface area contributed by atoms with E-state index in [1.807, 2.05) is 6.07 Å². The third-order valence-corrected chi connectivity index (χ3v) is 2.93. The van der Waals surface area contributed by atoms with Crippen LogP contribution in [0.4, 0.5) is 0 Å². The fourth-order valence-electron chi connectivity index (χ4n) is 1.98. The first kappa shape index (κ1) is 10.7. The van der Waals surface area contributed by atoms with Crippen molar-refractivity contribution >= 4 is 11.6 Å². The minimum atomic E-state index is 0.333. The van der Waals surface area contributed by atoms with Gasteiger partial charge in [0.1, 0.15) is 0 Å². The molecule has 0 radical (unpaired) electrons. The van der Waals surface area contributed by atoms with E-state index in [4.69, 9.17) is 16.3 Å². The van der Waals surface area contributed by atoms with Crippen LogP contribution in [-0.4, -0.2) is 18.6 Å². The molecule has 1 aliphatic heterocycles. The van der Waals surface area contributed by atoms with Gasteiger partial charge in [-0.3, -0.25) is 0 Å². The van der Waals surface area contributed by atoms with Crippen molar-refractivity contribution in [3.63, 3.8) is 0 Å². The number of aromatic nitrogens is 1. The Balaban J connectivity index is 2.27. The quantitative estimate of drug-likeness (QED) is 0.842. The van der Waals surface area contributed by atoms with E-state index in [0.717, 1.165) is 18.5 Å². The van der Waals surface area contributed by atoms with Crippen molar-refractivity contribution in [2.75, 3.05) is 13.7 Å². The summed E-state index contributed by atoms with van der Waals surface area (Å²) in [5.74, 6) is 0.679. The summed E-state index contributed by atoms with van der Waals surface area (Å²) in [6.45, 7) is 1.06. The molecule has 3 nitrogen and oxygen atoms in total. The lowest BCUT2D eigenvalue weighted by atomic mass is 9.98. The summed E-state index contributed by atoms with van der Waals surface area (Å²) in [7, 11) is 1.64. The minimum absolute atomic E-state index is 0.333. The van der Waals surface area contributed by atoms with E-state index in [-0.39, 0.29) is 0 Å². The highest BCUT2D eigenvalue weighted by atomic mass is 35.5. The molecule has 0 saturated carbocycles. The van der Waals surface area contributed by atoms with Crippen molar-refractivity contribution < 1.29 is 4.74 Å². The number of pyridine rings is 1. The molecular formula is C11H15ClN2O. The highest BCUT2D eigenvalue weighted by Gasteiger charge is 2.19. The van der Waals surface area contributed by atoms with Crippen LogP contribution in [-0.2, 0) is 0 Å². The van der Waals surface area contributed by atoms with Gasteiger partial charge >= 0.3 is 0 Å². The lowest BCUT2D eigenvalue weighted by Gasteiger charge is -2.24. The fraction of sp³-hybridized carbons (Fsp3) is 0.545. The number of halogens is 1. The Morgan fingerprint density at radius 3 is 3.07 bits per heavy atom. The van der Waals surface area contributed by atoms with Crippen molar-refractivity contribution in [1.82, 2.24) is 10.3 Å². The Hall–Kier alpha value is -0.800. The Morgan fingerprint density at radius 2 is 2.40 bits per heavy atom. The molecule has 1 aromatic heterocycles. The molecule has 0 spiro atoms. The van der Waals surface area contributed by atoms with Gasteiger partial charge in [-0.05, 0) is 25.5 Å². The first-order valence-corrected chi connectivity index (χ1v) is 5.62. The summed E-state index contributed by atoms with van der Waals surface area (Å²) < 4.78 is 5.24. The summed E-state index contributed by atoms with van der Waals surface area (Å²) in [4.78, 5) is 4.18. The van der Waals surface area contributed by atoms with E-state index < -0.39 is 0 Å². The zero-order chi connectivity index (χ0) is 10.7. The van der Waals surface area contributed by atoms with Crippen molar-refractivity contribution in [3.05, 3.63) is 22.8 Å². The maximum absolute atomic E-state index is 5.95. The first-order chi connectivity index (χ1) is 7.31. The molecule has 1 N–H and O–H groups in total. The normalized spacial score (nSPS) is 21.3. The molecule has 0 amide bonds. The molecule has 1 saturated heterocycles. The van der Waals surface area contributed by atoms with Crippen LogP contribution in [0, 0.1) is 0 Å². The minimum Gasteiger partial charge on any atom is -0.481 e. The number of hydrogen-bond donors (Lipinski definition) is 1. The van der Waals surface area contributed by atoms with Gasteiger partial charge in [-0.25, -0.2) is 4.98 Å². The maximum Gasteiger partial charge on any atom is 0.217 e. The zero-order valence-electron chi connectivity index (χ0n) is 8.79. The van der Waals surface area contributed by atoms with Gasteiger partial charge < -0.3 is 10.1 Å². The predicted molar refractivity (Wildman–Crippen MR) is 60.4 cm³/mol.